The first-order valence-corrected chi connectivity index (χ1v) is 6.94. The highest BCUT2D eigenvalue weighted by molar-refractivity contribution is 5.05. The maximum absolute atomic E-state index is 3.76. The summed E-state index contributed by atoms with van der Waals surface area (Å²) in [5.41, 5.74) is 1.56. The smallest absolute Gasteiger partial charge is 0.0226 e. The highest BCUT2D eigenvalue weighted by Crippen LogP contribution is 2.37. The topological polar surface area (TPSA) is 15.3 Å². The number of hydrogen-bond donors (Lipinski definition) is 1. The molecule has 3 atom stereocenters. The fourth-order valence-corrected chi connectivity index (χ4v) is 3.93. The average Bonchev–Trinajstić information content (AvgIpc) is 2.83. The second-order valence-electron chi connectivity index (χ2n) is 5.94. The lowest BCUT2D eigenvalue weighted by atomic mass is 9.93. The Morgan fingerprint density at radius 3 is 3.25 bits per heavy atom. The van der Waals surface area contributed by atoms with Crippen molar-refractivity contribution in [3.63, 3.8) is 0 Å². The Kier molecular flexibility index (Phi) is 3.03. The molecule has 0 aromatic rings. The Hall–Kier alpha value is -0.340. The molecule has 3 aliphatic rings. The average molecular weight is 220 g/mol. The molecule has 3 unspecified atom stereocenters. The van der Waals surface area contributed by atoms with E-state index in [-0.39, 0.29) is 0 Å². The largest absolute Gasteiger partial charge is 0.312 e. The molecule has 0 spiro atoms. The fourth-order valence-electron chi connectivity index (χ4n) is 3.93. The van der Waals surface area contributed by atoms with Crippen LogP contribution in [0, 0.1) is 11.8 Å². The lowest BCUT2D eigenvalue weighted by molar-refractivity contribution is 0.237. The van der Waals surface area contributed by atoms with Crippen LogP contribution in [0.4, 0.5) is 0 Å². The number of fused-ring (bicyclic) bond motifs is 1. The van der Waals surface area contributed by atoms with Crippen LogP contribution in [-0.4, -0.2) is 37.1 Å². The molecule has 1 saturated heterocycles. The van der Waals surface area contributed by atoms with E-state index < -0.39 is 0 Å². The van der Waals surface area contributed by atoms with Crippen molar-refractivity contribution in [2.24, 2.45) is 11.8 Å². The van der Waals surface area contributed by atoms with Crippen LogP contribution >= 0.6 is 0 Å². The normalized spacial score (nSPS) is 39.8. The molecule has 16 heavy (non-hydrogen) atoms. The Balaban J connectivity index is 1.57. The molecule has 1 aliphatic carbocycles. The van der Waals surface area contributed by atoms with E-state index in [4.69, 9.17) is 0 Å². The summed E-state index contributed by atoms with van der Waals surface area (Å²) < 4.78 is 0. The summed E-state index contributed by atoms with van der Waals surface area (Å²) in [6.45, 7) is 7.32. The Labute approximate surface area is 99.1 Å². The molecule has 2 aliphatic heterocycles. The van der Waals surface area contributed by atoms with Gasteiger partial charge in [-0.2, -0.15) is 0 Å². The standard InChI is InChI=1S/C14H24N2/c1-11-4-3-7-16(9-11)10-14-13-6-2-5-12(13)8-15-14/h4,12-15H,2-3,5-10H2,1H3. The van der Waals surface area contributed by atoms with Gasteiger partial charge in [0, 0.05) is 25.7 Å². The van der Waals surface area contributed by atoms with E-state index in [1.54, 1.807) is 5.57 Å². The lowest BCUT2D eigenvalue weighted by Crippen LogP contribution is -2.42. The van der Waals surface area contributed by atoms with Crippen LogP contribution in [0.25, 0.3) is 0 Å². The summed E-state index contributed by atoms with van der Waals surface area (Å²) in [6.07, 6.45) is 8.09. The van der Waals surface area contributed by atoms with Crippen LogP contribution in [0.3, 0.4) is 0 Å². The molecule has 0 bridgehead atoms. The summed E-state index contributed by atoms with van der Waals surface area (Å²) in [5, 5.41) is 3.76. The van der Waals surface area contributed by atoms with Gasteiger partial charge in [0.25, 0.3) is 0 Å². The number of nitrogens with zero attached hydrogens (tertiary/aromatic N) is 1. The van der Waals surface area contributed by atoms with Gasteiger partial charge in [-0.3, -0.25) is 4.90 Å². The van der Waals surface area contributed by atoms with Crippen LogP contribution in [0.2, 0.25) is 0 Å². The molecule has 90 valence electrons. The summed E-state index contributed by atoms with van der Waals surface area (Å²) in [4.78, 5) is 2.65. The third kappa shape index (κ3) is 2.05. The van der Waals surface area contributed by atoms with E-state index in [9.17, 15) is 0 Å². The first kappa shape index (κ1) is 10.8. The first-order valence-electron chi connectivity index (χ1n) is 6.94. The van der Waals surface area contributed by atoms with Crippen molar-refractivity contribution in [3.8, 4) is 0 Å². The van der Waals surface area contributed by atoms with Gasteiger partial charge in [0.15, 0.2) is 0 Å². The van der Waals surface area contributed by atoms with Gasteiger partial charge in [-0.1, -0.05) is 18.1 Å². The molecule has 1 saturated carbocycles. The van der Waals surface area contributed by atoms with Crippen molar-refractivity contribution >= 4 is 0 Å². The molecule has 0 aromatic carbocycles. The number of hydrogen-bond acceptors (Lipinski definition) is 2. The van der Waals surface area contributed by atoms with Crippen LogP contribution < -0.4 is 5.32 Å². The van der Waals surface area contributed by atoms with Gasteiger partial charge in [0.1, 0.15) is 0 Å². The zero-order valence-corrected chi connectivity index (χ0v) is 10.4. The predicted molar refractivity (Wildman–Crippen MR) is 67.4 cm³/mol. The maximum Gasteiger partial charge on any atom is 0.0226 e. The maximum atomic E-state index is 3.76. The fraction of sp³-hybridized carbons (Fsp3) is 0.857. The van der Waals surface area contributed by atoms with E-state index in [0.717, 1.165) is 17.9 Å². The molecule has 3 rings (SSSR count). The van der Waals surface area contributed by atoms with Crippen molar-refractivity contribution in [2.45, 2.75) is 38.6 Å². The molecule has 0 radical (unpaired) electrons. The highest BCUT2D eigenvalue weighted by atomic mass is 15.2. The number of rotatable bonds is 2. The monoisotopic (exact) mass is 220 g/mol. The van der Waals surface area contributed by atoms with E-state index in [1.165, 1.54) is 51.9 Å². The molecule has 2 heteroatoms. The summed E-state index contributed by atoms with van der Waals surface area (Å²) in [5.74, 6) is 2.00. The third-order valence-electron chi connectivity index (χ3n) is 4.74. The molecule has 0 aromatic heterocycles. The van der Waals surface area contributed by atoms with E-state index >= 15 is 0 Å². The van der Waals surface area contributed by atoms with Crippen molar-refractivity contribution < 1.29 is 0 Å². The van der Waals surface area contributed by atoms with Crippen LogP contribution in [0.5, 0.6) is 0 Å². The molecule has 1 N–H and O–H groups in total. The molecule has 0 amide bonds. The zero-order valence-electron chi connectivity index (χ0n) is 10.4. The second kappa shape index (κ2) is 4.50. The van der Waals surface area contributed by atoms with Crippen molar-refractivity contribution in [1.82, 2.24) is 10.2 Å². The minimum atomic E-state index is 0.790. The van der Waals surface area contributed by atoms with Gasteiger partial charge >= 0.3 is 0 Å². The quantitative estimate of drug-likeness (QED) is 0.716. The lowest BCUT2D eigenvalue weighted by Gasteiger charge is -2.30. The molecule has 2 fully saturated rings. The van der Waals surface area contributed by atoms with Gasteiger partial charge in [-0.25, -0.2) is 0 Å². The molecular weight excluding hydrogens is 196 g/mol. The minimum absolute atomic E-state index is 0.790. The van der Waals surface area contributed by atoms with E-state index in [1.807, 2.05) is 0 Å². The van der Waals surface area contributed by atoms with E-state index in [0.29, 0.717) is 0 Å². The second-order valence-corrected chi connectivity index (χ2v) is 5.94. The van der Waals surface area contributed by atoms with Crippen molar-refractivity contribution in [1.29, 1.82) is 0 Å². The van der Waals surface area contributed by atoms with Gasteiger partial charge < -0.3 is 5.32 Å². The molecular formula is C14H24N2. The van der Waals surface area contributed by atoms with Crippen LogP contribution in [0.15, 0.2) is 11.6 Å². The Morgan fingerprint density at radius 1 is 1.44 bits per heavy atom. The summed E-state index contributed by atoms with van der Waals surface area (Å²) in [7, 11) is 0. The molecule has 2 nitrogen and oxygen atoms in total. The van der Waals surface area contributed by atoms with Crippen molar-refractivity contribution in [3.05, 3.63) is 11.6 Å². The summed E-state index contributed by atoms with van der Waals surface area (Å²) >= 11 is 0. The SMILES string of the molecule is CC1=CCCN(CC2NCC3CCCC32)C1. The minimum Gasteiger partial charge on any atom is -0.312 e. The third-order valence-corrected chi connectivity index (χ3v) is 4.74. The van der Waals surface area contributed by atoms with Gasteiger partial charge in [-0.15, -0.1) is 0 Å². The Morgan fingerprint density at radius 2 is 2.38 bits per heavy atom. The van der Waals surface area contributed by atoms with Crippen molar-refractivity contribution in [2.75, 3.05) is 26.2 Å². The number of nitrogens with one attached hydrogen (secondary N) is 1. The van der Waals surface area contributed by atoms with Crippen LogP contribution in [-0.2, 0) is 0 Å². The first-order chi connectivity index (χ1) is 7.83. The molecule has 2 heterocycles. The van der Waals surface area contributed by atoms with Gasteiger partial charge in [-0.05, 0) is 44.6 Å². The van der Waals surface area contributed by atoms with Gasteiger partial charge in [0.05, 0.1) is 0 Å². The van der Waals surface area contributed by atoms with Crippen LogP contribution in [0.1, 0.15) is 32.6 Å². The predicted octanol–water partition coefficient (Wildman–Crippen LogP) is 2.03. The Bertz CT molecular complexity index is 284. The zero-order chi connectivity index (χ0) is 11.0. The van der Waals surface area contributed by atoms with E-state index in [2.05, 4.69) is 23.2 Å². The highest BCUT2D eigenvalue weighted by Gasteiger charge is 2.39. The summed E-state index contributed by atoms with van der Waals surface area (Å²) in [6, 6.07) is 0.790. The van der Waals surface area contributed by atoms with Gasteiger partial charge in [0.2, 0.25) is 0 Å².